The second-order valence-corrected chi connectivity index (χ2v) is 8.26. The summed E-state index contributed by atoms with van der Waals surface area (Å²) < 4.78 is 12.3. The third-order valence-electron chi connectivity index (χ3n) is 5.16. The van der Waals surface area contributed by atoms with E-state index in [2.05, 4.69) is 20.3 Å². The Morgan fingerprint density at radius 2 is 2.16 bits per heavy atom. The molecule has 1 aromatic carbocycles. The van der Waals surface area contributed by atoms with Crippen LogP contribution in [0.3, 0.4) is 0 Å². The van der Waals surface area contributed by atoms with Crippen LogP contribution >= 0.6 is 11.3 Å². The molecule has 10 heteroatoms. The van der Waals surface area contributed by atoms with Gasteiger partial charge < -0.3 is 24.3 Å². The van der Waals surface area contributed by atoms with Crippen molar-refractivity contribution in [2.75, 3.05) is 14.2 Å². The summed E-state index contributed by atoms with van der Waals surface area (Å²) in [7, 11) is 4.99. The largest absolute Gasteiger partial charge is 0.497 e. The van der Waals surface area contributed by atoms with Gasteiger partial charge in [-0.2, -0.15) is 0 Å². The molecule has 0 saturated heterocycles. The van der Waals surface area contributed by atoms with Crippen molar-refractivity contribution in [2.45, 2.75) is 19.6 Å². The van der Waals surface area contributed by atoms with E-state index >= 15 is 0 Å². The van der Waals surface area contributed by atoms with Crippen molar-refractivity contribution in [1.29, 1.82) is 0 Å². The Bertz CT molecular complexity index is 1340. The van der Waals surface area contributed by atoms with Crippen molar-refractivity contribution in [3.05, 3.63) is 74.7 Å². The minimum Gasteiger partial charge on any atom is -0.497 e. The number of nitrogens with zero attached hydrogens (tertiary/aromatic N) is 3. The molecule has 0 fully saturated rings. The van der Waals surface area contributed by atoms with E-state index in [9.17, 15) is 9.59 Å². The molecule has 166 valence electrons. The SMILES string of the molecule is COCc1nc2sc(C(=O)N[C@H](c3cccc(OC)c3)c3nccn3C)c(C)c2c(=O)[nH]1. The first-order valence-corrected chi connectivity index (χ1v) is 10.7. The van der Waals surface area contributed by atoms with Crippen LogP contribution in [0.25, 0.3) is 10.2 Å². The first kappa shape index (κ1) is 21.7. The molecule has 0 aliphatic rings. The molecule has 3 heterocycles. The van der Waals surface area contributed by atoms with Crippen molar-refractivity contribution in [1.82, 2.24) is 24.8 Å². The van der Waals surface area contributed by atoms with E-state index in [1.54, 1.807) is 20.2 Å². The molecule has 4 rings (SSSR count). The number of methoxy groups -OCH3 is 2. The lowest BCUT2D eigenvalue weighted by molar-refractivity contribution is 0.0944. The molecule has 0 spiro atoms. The average molecular weight is 454 g/mol. The molecule has 1 amide bonds. The number of rotatable bonds is 7. The van der Waals surface area contributed by atoms with Crippen molar-refractivity contribution in [3.8, 4) is 5.75 Å². The van der Waals surface area contributed by atoms with Gasteiger partial charge in [0, 0.05) is 26.6 Å². The molecule has 0 bridgehead atoms. The van der Waals surface area contributed by atoms with Crippen LogP contribution in [0.5, 0.6) is 5.75 Å². The fraction of sp³-hybridized carbons (Fsp3) is 0.273. The molecule has 2 N–H and O–H groups in total. The van der Waals surface area contributed by atoms with Crippen LogP contribution < -0.4 is 15.6 Å². The van der Waals surface area contributed by atoms with Gasteiger partial charge in [-0.3, -0.25) is 9.59 Å². The Balaban J connectivity index is 1.75. The van der Waals surface area contributed by atoms with Crippen molar-refractivity contribution >= 4 is 27.5 Å². The molecule has 3 aromatic heterocycles. The molecular weight excluding hydrogens is 430 g/mol. The molecule has 1 atom stereocenters. The standard InChI is InChI=1S/C22H23N5O4S/c1-12-16-20(28)24-15(11-30-3)25-22(16)32-18(12)21(29)26-17(19-23-8-9-27(19)2)13-6-5-7-14(10-13)31-4/h5-10,17H,11H2,1-4H3,(H,26,29)(H,24,25,28)/t17-/m1/s1. The second-order valence-electron chi connectivity index (χ2n) is 7.26. The Kier molecular flexibility index (Phi) is 6.06. The maximum Gasteiger partial charge on any atom is 0.262 e. The number of imidazole rings is 1. The highest BCUT2D eigenvalue weighted by atomic mass is 32.1. The van der Waals surface area contributed by atoms with Gasteiger partial charge in [0.2, 0.25) is 0 Å². The van der Waals surface area contributed by atoms with Crippen molar-refractivity contribution < 1.29 is 14.3 Å². The number of benzene rings is 1. The zero-order chi connectivity index (χ0) is 22.8. The third kappa shape index (κ3) is 4.02. The van der Waals surface area contributed by atoms with Crippen LogP contribution in [0.15, 0.2) is 41.5 Å². The summed E-state index contributed by atoms with van der Waals surface area (Å²) in [5.41, 5.74) is 1.12. The molecule has 0 unspecified atom stereocenters. The lowest BCUT2D eigenvalue weighted by atomic mass is 10.1. The molecule has 9 nitrogen and oxygen atoms in total. The number of aromatic amines is 1. The Hall–Kier alpha value is -3.50. The number of amides is 1. The van der Waals surface area contributed by atoms with E-state index < -0.39 is 6.04 Å². The van der Waals surface area contributed by atoms with Gasteiger partial charge >= 0.3 is 0 Å². The second kappa shape index (κ2) is 8.93. The number of carbonyl (C=O) groups excluding carboxylic acids is 1. The lowest BCUT2D eigenvalue weighted by Gasteiger charge is -2.19. The van der Waals surface area contributed by atoms with E-state index in [1.165, 1.54) is 18.4 Å². The summed E-state index contributed by atoms with van der Waals surface area (Å²) in [5, 5.41) is 3.49. The van der Waals surface area contributed by atoms with Crippen molar-refractivity contribution in [3.63, 3.8) is 0 Å². The number of aryl methyl sites for hydroxylation is 2. The first-order valence-electron chi connectivity index (χ1n) is 9.86. The minimum absolute atomic E-state index is 0.181. The third-order valence-corrected chi connectivity index (χ3v) is 6.34. The number of nitrogens with one attached hydrogen (secondary N) is 2. The van der Waals surface area contributed by atoms with Gasteiger partial charge in [-0.05, 0) is 30.2 Å². The average Bonchev–Trinajstić information content (AvgIpc) is 3.35. The molecule has 0 aliphatic carbocycles. The number of fused-ring (bicyclic) bond motifs is 1. The van der Waals surface area contributed by atoms with Gasteiger partial charge in [0.05, 0.1) is 17.4 Å². The van der Waals surface area contributed by atoms with Crippen LogP contribution in [0.4, 0.5) is 0 Å². The van der Waals surface area contributed by atoms with Gasteiger partial charge in [-0.25, -0.2) is 9.97 Å². The quantitative estimate of drug-likeness (QED) is 0.445. The van der Waals surface area contributed by atoms with E-state index in [4.69, 9.17) is 9.47 Å². The smallest absolute Gasteiger partial charge is 0.262 e. The molecule has 32 heavy (non-hydrogen) atoms. The number of carbonyl (C=O) groups is 1. The number of H-pyrrole nitrogens is 1. The normalized spacial score (nSPS) is 12.1. The number of hydrogen-bond acceptors (Lipinski definition) is 7. The van der Waals surface area contributed by atoms with Crippen LogP contribution in [-0.4, -0.2) is 39.6 Å². The summed E-state index contributed by atoms with van der Waals surface area (Å²) in [5.74, 6) is 1.45. The van der Waals surface area contributed by atoms with E-state index in [1.807, 2.05) is 42.1 Å². The van der Waals surface area contributed by atoms with Gasteiger partial charge in [-0.15, -0.1) is 11.3 Å². The van der Waals surface area contributed by atoms with Gasteiger partial charge in [0.25, 0.3) is 11.5 Å². The monoisotopic (exact) mass is 453 g/mol. The van der Waals surface area contributed by atoms with Crippen molar-refractivity contribution in [2.24, 2.45) is 7.05 Å². The van der Waals surface area contributed by atoms with Crippen LogP contribution in [0.2, 0.25) is 0 Å². The van der Waals surface area contributed by atoms with Gasteiger partial charge in [0.15, 0.2) is 0 Å². The fourth-order valence-electron chi connectivity index (χ4n) is 3.58. The number of ether oxygens (including phenoxy) is 2. The van der Waals surface area contributed by atoms with Gasteiger partial charge in [0.1, 0.15) is 34.9 Å². The molecule has 4 aromatic rings. The Labute approximate surface area is 188 Å². The molecular formula is C22H23N5O4S. The van der Waals surface area contributed by atoms with E-state index in [-0.39, 0.29) is 18.1 Å². The zero-order valence-electron chi connectivity index (χ0n) is 18.1. The Morgan fingerprint density at radius 3 is 2.84 bits per heavy atom. The van der Waals surface area contributed by atoms with Crippen LogP contribution in [-0.2, 0) is 18.4 Å². The summed E-state index contributed by atoms with van der Waals surface area (Å²) in [6, 6.07) is 6.95. The lowest BCUT2D eigenvalue weighted by Crippen LogP contribution is -2.31. The summed E-state index contributed by atoms with van der Waals surface area (Å²) in [6.45, 7) is 1.93. The maximum atomic E-state index is 13.4. The Morgan fingerprint density at radius 1 is 1.34 bits per heavy atom. The number of aromatic nitrogens is 4. The first-order chi connectivity index (χ1) is 15.4. The summed E-state index contributed by atoms with van der Waals surface area (Å²) in [4.78, 5) is 38.4. The highest BCUT2D eigenvalue weighted by molar-refractivity contribution is 7.20. The van der Waals surface area contributed by atoms with Gasteiger partial charge in [-0.1, -0.05) is 12.1 Å². The van der Waals surface area contributed by atoms with Crippen LogP contribution in [0, 0.1) is 6.92 Å². The predicted octanol–water partition coefficient (Wildman–Crippen LogP) is 2.70. The predicted molar refractivity (Wildman–Crippen MR) is 121 cm³/mol. The number of thiophene rings is 1. The highest BCUT2D eigenvalue weighted by Gasteiger charge is 2.25. The van der Waals surface area contributed by atoms with E-state index in [0.717, 1.165) is 5.56 Å². The molecule has 0 saturated carbocycles. The summed E-state index contributed by atoms with van der Waals surface area (Å²) in [6.07, 6.45) is 3.50. The topological polar surface area (TPSA) is 111 Å². The summed E-state index contributed by atoms with van der Waals surface area (Å²) >= 11 is 1.18. The molecule has 0 radical (unpaired) electrons. The fourth-order valence-corrected chi connectivity index (χ4v) is 4.68. The van der Waals surface area contributed by atoms with Crippen LogP contribution in [0.1, 0.15) is 38.5 Å². The minimum atomic E-state index is -0.516. The zero-order valence-corrected chi connectivity index (χ0v) is 18.9. The highest BCUT2D eigenvalue weighted by Crippen LogP contribution is 2.29. The number of hydrogen-bond donors (Lipinski definition) is 2. The van der Waals surface area contributed by atoms with E-state index in [0.29, 0.717) is 38.1 Å². The molecule has 0 aliphatic heterocycles. The maximum absolute atomic E-state index is 13.4.